The molecule has 2 rings (SSSR count). The minimum Gasteiger partial charge on any atom is -0.481 e. The van der Waals surface area contributed by atoms with Crippen LogP contribution in [0.2, 0.25) is 0 Å². The molecule has 1 heterocycles. The van der Waals surface area contributed by atoms with Crippen molar-refractivity contribution in [2.45, 2.75) is 5.16 Å². The van der Waals surface area contributed by atoms with Crippen LogP contribution in [-0.4, -0.2) is 40.6 Å². The summed E-state index contributed by atoms with van der Waals surface area (Å²) in [5.74, 6) is -1.09. The minimum atomic E-state index is -0.947. The van der Waals surface area contributed by atoms with Gasteiger partial charge in [-0.3, -0.25) is 9.59 Å². The van der Waals surface area contributed by atoms with Gasteiger partial charge in [0.05, 0.1) is 16.7 Å². The Morgan fingerprint density at radius 3 is 2.74 bits per heavy atom. The molecule has 0 saturated carbocycles. The highest BCUT2D eigenvalue weighted by Crippen LogP contribution is 2.17. The lowest BCUT2D eigenvalue weighted by molar-refractivity contribution is -0.133. The zero-order valence-electron chi connectivity index (χ0n) is 10.5. The molecular formula is C12H13N3O3S. The van der Waals surface area contributed by atoms with Crippen LogP contribution in [-0.2, 0) is 4.79 Å². The Hall–Kier alpha value is -2.02. The molecule has 19 heavy (non-hydrogen) atoms. The third kappa shape index (κ3) is 2.70. The normalized spacial score (nSPS) is 10.6. The molecule has 0 aliphatic carbocycles. The second-order valence-electron chi connectivity index (χ2n) is 4.06. The average Bonchev–Trinajstić information content (AvgIpc) is 2.36. The van der Waals surface area contributed by atoms with Crippen molar-refractivity contribution in [3.05, 3.63) is 34.6 Å². The van der Waals surface area contributed by atoms with E-state index in [9.17, 15) is 9.59 Å². The molecule has 0 bridgehead atoms. The third-order valence-electron chi connectivity index (χ3n) is 2.45. The first kappa shape index (κ1) is 13.4. The van der Waals surface area contributed by atoms with Gasteiger partial charge in [-0.25, -0.2) is 4.98 Å². The van der Waals surface area contributed by atoms with Crippen LogP contribution in [0.25, 0.3) is 10.9 Å². The Morgan fingerprint density at radius 1 is 1.42 bits per heavy atom. The van der Waals surface area contributed by atoms with Crippen molar-refractivity contribution in [1.82, 2.24) is 9.66 Å². The van der Waals surface area contributed by atoms with E-state index < -0.39 is 5.97 Å². The van der Waals surface area contributed by atoms with Gasteiger partial charge in [-0.05, 0) is 12.1 Å². The van der Waals surface area contributed by atoms with E-state index in [4.69, 9.17) is 5.11 Å². The molecule has 2 aromatic rings. The summed E-state index contributed by atoms with van der Waals surface area (Å²) in [7, 11) is 3.42. The minimum absolute atomic E-state index is 0.140. The quantitative estimate of drug-likeness (QED) is 0.658. The number of aromatic nitrogens is 2. The number of hydrogen-bond acceptors (Lipinski definition) is 5. The maximum Gasteiger partial charge on any atom is 0.313 e. The van der Waals surface area contributed by atoms with Crippen molar-refractivity contribution in [2.75, 3.05) is 24.9 Å². The maximum atomic E-state index is 12.4. The Bertz CT molecular complexity index is 681. The second-order valence-corrected chi connectivity index (χ2v) is 5.00. The van der Waals surface area contributed by atoms with Crippen LogP contribution in [0.3, 0.4) is 0 Å². The van der Waals surface area contributed by atoms with Gasteiger partial charge in [0.15, 0.2) is 5.16 Å². The van der Waals surface area contributed by atoms with E-state index >= 15 is 0 Å². The lowest BCUT2D eigenvalue weighted by atomic mass is 10.2. The number of nitrogens with zero attached hydrogens (tertiary/aromatic N) is 3. The average molecular weight is 279 g/mol. The number of thioether (sulfide) groups is 1. The number of para-hydroxylation sites is 1. The Kier molecular flexibility index (Phi) is 3.75. The fourth-order valence-corrected chi connectivity index (χ4v) is 2.46. The smallest absolute Gasteiger partial charge is 0.313 e. The molecular weight excluding hydrogens is 266 g/mol. The number of carbonyl (C=O) groups is 1. The number of fused-ring (bicyclic) bond motifs is 1. The fourth-order valence-electron chi connectivity index (χ4n) is 1.68. The first-order chi connectivity index (χ1) is 9.00. The molecule has 1 aromatic carbocycles. The molecule has 1 N–H and O–H groups in total. The van der Waals surface area contributed by atoms with Gasteiger partial charge in [0.2, 0.25) is 0 Å². The summed E-state index contributed by atoms with van der Waals surface area (Å²) in [5, 5.41) is 11.2. The van der Waals surface area contributed by atoms with Crippen molar-refractivity contribution in [3.63, 3.8) is 0 Å². The van der Waals surface area contributed by atoms with Gasteiger partial charge in [0.1, 0.15) is 0 Å². The summed E-state index contributed by atoms with van der Waals surface area (Å²) in [4.78, 5) is 27.4. The molecule has 0 aliphatic rings. The molecule has 0 spiro atoms. The molecule has 1 aromatic heterocycles. The van der Waals surface area contributed by atoms with E-state index in [-0.39, 0.29) is 11.3 Å². The summed E-state index contributed by atoms with van der Waals surface area (Å²) in [5.41, 5.74) is 0.363. The van der Waals surface area contributed by atoms with E-state index in [0.29, 0.717) is 16.1 Å². The number of hydrogen-bond donors (Lipinski definition) is 1. The van der Waals surface area contributed by atoms with Crippen molar-refractivity contribution in [1.29, 1.82) is 0 Å². The van der Waals surface area contributed by atoms with Gasteiger partial charge in [0, 0.05) is 14.1 Å². The van der Waals surface area contributed by atoms with Crippen LogP contribution in [0.15, 0.2) is 34.2 Å². The molecule has 0 fully saturated rings. The largest absolute Gasteiger partial charge is 0.481 e. The monoisotopic (exact) mass is 279 g/mol. The summed E-state index contributed by atoms with van der Waals surface area (Å²) >= 11 is 1.02. The summed E-state index contributed by atoms with van der Waals surface area (Å²) < 4.78 is 1.37. The van der Waals surface area contributed by atoms with Crippen LogP contribution in [0.5, 0.6) is 0 Å². The van der Waals surface area contributed by atoms with Crippen molar-refractivity contribution >= 4 is 28.6 Å². The Morgan fingerprint density at radius 2 is 2.11 bits per heavy atom. The zero-order valence-corrected chi connectivity index (χ0v) is 11.3. The maximum absolute atomic E-state index is 12.4. The molecule has 0 atom stereocenters. The van der Waals surface area contributed by atoms with Crippen LogP contribution in [0.4, 0.5) is 0 Å². The lowest BCUT2D eigenvalue weighted by Gasteiger charge is -2.19. The molecule has 7 heteroatoms. The first-order valence-electron chi connectivity index (χ1n) is 5.54. The highest BCUT2D eigenvalue weighted by Gasteiger charge is 2.13. The van der Waals surface area contributed by atoms with Gasteiger partial charge in [-0.2, -0.15) is 4.68 Å². The van der Waals surface area contributed by atoms with Gasteiger partial charge in [-0.15, -0.1) is 0 Å². The van der Waals surface area contributed by atoms with Crippen molar-refractivity contribution in [3.8, 4) is 0 Å². The van der Waals surface area contributed by atoms with Crippen molar-refractivity contribution < 1.29 is 9.90 Å². The predicted molar refractivity (Wildman–Crippen MR) is 74.4 cm³/mol. The standard InChI is InChI=1S/C12H13N3O3S/c1-14(2)15-11(18)8-5-3-4-6-9(8)13-12(15)19-7-10(16)17/h3-6H,7H2,1-2H3,(H,16,17). The molecule has 100 valence electrons. The number of carboxylic acid groups (broad SMARTS) is 1. The first-order valence-corrected chi connectivity index (χ1v) is 6.53. The van der Waals surface area contributed by atoms with Gasteiger partial charge in [0.25, 0.3) is 5.56 Å². The topological polar surface area (TPSA) is 75.4 Å². The zero-order chi connectivity index (χ0) is 14.0. The molecule has 0 unspecified atom stereocenters. The number of benzene rings is 1. The number of carboxylic acids is 1. The Balaban J connectivity index is 2.63. The number of rotatable bonds is 4. The molecule has 0 saturated heterocycles. The molecule has 6 nitrogen and oxygen atoms in total. The van der Waals surface area contributed by atoms with E-state index in [0.717, 1.165) is 11.8 Å². The second kappa shape index (κ2) is 5.31. The van der Waals surface area contributed by atoms with Gasteiger partial charge >= 0.3 is 5.97 Å². The summed E-state index contributed by atoms with van der Waals surface area (Å²) in [6.07, 6.45) is 0. The lowest BCUT2D eigenvalue weighted by Crippen LogP contribution is -2.38. The predicted octanol–water partition coefficient (Wildman–Crippen LogP) is 0.771. The van der Waals surface area contributed by atoms with Crippen LogP contribution < -0.4 is 10.6 Å². The fraction of sp³-hybridized carbons (Fsp3) is 0.250. The van der Waals surface area contributed by atoms with Gasteiger partial charge < -0.3 is 10.1 Å². The highest BCUT2D eigenvalue weighted by atomic mass is 32.2. The third-order valence-corrected chi connectivity index (χ3v) is 3.36. The molecule has 0 amide bonds. The summed E-state index contributed by atoms with van der Waals surface area (Å²) in [6.45, 7) is 0. The van der Waals surface area contributed by atoms with E-state index in [1.165, 1.54) is 4.68 Å². The van der Waals surface area contributed by atoms with Crippen LogP contribution in [0, 0.1) is 0 Å². The van der Waals surface area contributed by atoms with E-state index in [1.54, 1.807) is 43.4 Å². The highest BCUT2D eigenvalue weighted by molar-refractivity contribution is 7.99. The van der Waals surface area contributed by atoms with Crippen LogP contribution in [0.1, 0.15) is 0 Å². The van der Waals surface area contributed by atoms with E-state index in [2.05, 4.69) is 4.98 Å². The molecule has 0 aliphatic heterocycles. The summed E-state index contributed by atoms with van der Waals surface area (Å²) in [6, 6.07) is 7.01. The van der Waals surface area contributed by atoms with Crippen molar-refractivity contribution in [2.24, 2.45) is 0 Å². The Labute approximate surface area is 113 Å². The van der Waals surface area contributed by atoms with Gasteiger partial charge in [-0.1, -0.05) is 23.9 Å². The SMILES string of the molecule is CN(C)n1c(SCC(=O)O)nc2ccccc2c1=O. The number of aliphatic carboxylic acids is 1. The molecule has 0 radical (unpaired) electrons. The van der Waals surface area contributed by atoms with E-state index in [1.807, 2.05) is 0 Å². The van der Waals surface area contributed by atoms with Crippen LogP contribution >= 0.6 is 11.8 Å².